The van der Waals surface area contributed by atoms with Gasteiger partial charge < -0.3 is 37.9 Å². The fourth-order valence-corrected chi connectivity index (χ4v) is 8.60. The van der Waals surface area contributed by atoms with Crippen LogP contribution in [0, 0.1) is 23.7 Å². The topological polar surface area (TPSA) is 142 Å². The lowest BCUT2D eigenvalue weighted by Crippen LogP contribution is -2.34. The molecule has 0 aromatic heterocycles. The fraction of sp³-hybridized carbons (Fsp3) is 0.900. The molecular formula is C40H64O12. The molecule has 5 fully saturated rings. The van der Waals surface area contributed by atoms with Crippen LogP contribution < -0.4 is 0 Å². The standard InChI is InChI=1S/C40H64O12/c1-21-17-29-9-13-34(49-29)26(6)38(42)46-23(3)19-31-11-15-36(51-31)28(8)40(44)48-24(4)20-32-12-16-35(52-32)27(7)39(43)47-22(2)18-30-10-14-33(50-30)25(5)37(41)45-21/h21-36H,9-20H2,1-8H3/t21-,22+,23+,24-,25-,26+,27+,28-,29-,30+,31+,32-,33-,34-,35-,36-/m1/s1. The number of hydrogen-bond donors (Lipinski definition) is 0. The largest absolute Gasteiger partial charge is 0.462 e. The molecule has 8 bridgehead atoms. The minimum atomic E-state index is -0.434. The SMILES string of the molecule is C[C@@H]1C[C@H]2CC[C@@H](O2)[C@H](C)C(=O)O[C@@H](C)C[C@@H]2CC[C@@H](O2)[C@@H](C)C(=O)O[C@H](C)C[C@H]2CC[C@@H](O2)[C@H](C)C(=O)O[C@@H](C)C[C@@H]2CC[C@@H](O2)[C@@H](C)C(=O)O1. The molecule has 0 spiro atoms. The predicted octanol–water partition coefficient (Wildman–Crippen LogP) is 6.02. The summed E-state index contributed by atoms with van der Waals surface area (Å²) in [6.07, 6.45) is 5.22. The Labute approximate surface area is 309 Å². The maximum atomic E-state index is 13.1. The minimum Gasteiger partial charge on any atom is -0.462 e. The Bertz CT molecular complexity index is 1040. The number of carbonyl (C=O) groups is 4. The van der Waals surface area contributed by atoms with E-state index in [1.54, 1.807) is 0 Å². The zero-order valence-corrected chi connectivity index (χ0v) is 32.6. The molecule has 0 aliphatic carbocycles. The van der Waals surface area contributed by atoms with Gasteiger partial charge in [-0.25, -0.2) is 0 Å². The van der Waals surface area contributed by atoms with Crippen molar-refractivity contribution in [2.75, 3.05) is 0 Å². The second-order valence-corrected chi connectivity index (χ2v) is 16.6. The smallest absolute Gasteiger partial charge is 0.311 e. The maximum Gasteiger partial charge on any atom is 0.311 e. The first kappa shape index (κ1) is 40.9. The number of esters is 4. The zero-order chi connectivity index (χ0) is 37.7. The van der Waals surface area contributed by atoms with Crippen molar-refractivity contribution in [1.29, 1.82) is 0 Å². The van der Waals surface area contributed by atoms with Gasteiger partial charge in [0.1, 0.15) is 24.4 Å². The summed E-state index contributed by atoms with van der Waals surface area (Å²) in [6, 6.07) is 0. The summed E-state index contributed by atoms with van der Waals surface area (Å²) < 4.78 is 48.4. The number of carbonyl (C=O) groups excluding carboxylic acids is 4. The van der Waals surface area contributed by atoms with Crippen LogP contribution in [0.15, 0.2) is 0 Å². The van der Waals surface area contributed by atoms with Gasteiger partial charge in [-0.2, -0.15) is 0 Å². The molecule has 0 saturated carbocycles. The molecule has 5 aliphatic rings. The molecule has 12 heteroatoms. The van der Waals surface area contributed by atoms with Gasteiger partial charge in [0.25, 0.3) is 0 Å². The highest BCUT2D eigenvalue weighted by molar-refractivity contribution is 5.74. The molecule has 0 radical (unpaired) electrons. The molecule has 0 aromatic carbocycles. The van der Waals surface area contributed by atoms with E-state index in [0.717, 1.165) is 51.4 Å². The summed E-state index contributed by atoms with van der Waals surface area (Å²) in [5.74, 6) is -2.93. The highest BCUT2D eigenvalue weighted by Crippen LogP contribution is 2.34. The van der Waals surface area contributed by atoms with E-state index in [1.807, 2.05) is 55.4 Å². The van der Waals surface area contributed by atoms with Crippen LogP contribution in [0.1, 0.15) is 132 Å². The fourth-order valence-electron chi connectivity index (χ4n) is 8.60. The van der Waals surface area contributed by atoms with E-state index in [-0.39, 0.29) is 97.1 Å². The van der Waals surface area contributed by atoms with Crippen molar-refractivity contribution in [2.45, 2.75) is 206 Å². The minimum absolute atomic E-state index is 0.119. The summed E-state index contributed by atoms with van der Waals surface area (Å²) in [6.45, 7) is 14.9. The molecule has 5 rings (SSSR count). The van der Waals surface area contributed by atoms with E-state index >= 15 is 0 Å². The van der Waals surface area contributed by atoms with Gasteiger partial charge in [0.2, 0.25) is 0 Å². The number of cyclic esters (lactones) is 4. The molecule has 5 aliphatic heterocycles. The Hall–Kier alpha value is -2.28. The number of hydrogen-bond acceptors (Lipinski definition) is 12. The Morgan fingerprint density at radius 1 is 0.327 bits per heavy atom. The maximum absolute atomic E-state index is 13.1. The van der Waals surface area contributed by atoms with Crippen LogP contribution in [0.25, 0.3) is 0 Å². The summed E-state index contributed by atoms with van der Waals surface area (Å²) in [5.41, 5.74) is 0. The van der Waals surface area contributed by atoms with Crippen LogP contribution in [-0.4, -0.2) is 97.1 Å². The van der Waals surface area contributed by atoms with Crippen molar-refractivity contribution in [2.24, 2.45) is 23.7 Å². The molecule has 0 N–H and O–H groups in total. The Morgan fingerprint density at radius 2 is 0.519 bits per heavy atom. The van der Waals surface area contributed by atoms with E-state index < -0.39 is 23.7 Å². The molecule has 0 unspecified atom stereocenters. The van der Waals surface area contributed by atoms with Crippen molar-refractivity contribution in [3.63, 3.8) is 0 Å². The van der Waals surface area contributed by atoms with Crippen LogP contribution in [0.5, 0.6) is 0 Å². The van der Waals surface area contributed by atoms with Crippen LogP contribution >= 0.6 is 0 Å². The molecule has 16 atom stereocenters. The van der Waals surface area contributed by atoms with E-state index in [0.29, 0.717) is 25.7 Å². The highest BCUT2D eigenvalue weighted by Gasteiger charge is 2.41. The summed E-state index contributed by atoms with van der Waals surface area (Å²) in [4.78, 5) is 52.4. The monoisotopic (exact) mass is 736 g/mol. The van der Waals surface area contributed by atoms with E-state index in [4.69, 9.17) is 37.9 Å². The van der Waals surface area contributed by atoms with Crippen LogP contribution in [0.4, 0.5) is 0 Å². The lowest BCUT2D eigenvalue weighted by molar-refractivity contribution is -0.161. The van der Waals surface area contributed by atoms with Crippen LogP contribution in [0.3, 0.4) is 0 Å². The third-order valence-electron chi connectivity index (χ3n) is 11.9. The number of ether oxygens (including phenoxy) is 8. The van der Waals surface area contributed by atoms with Crippen molar-refractivity contribution >= 4 is 23.9 Å². The number of rotatable bonds is 0. The van der Waals surface area contributed by atoms with Crippen LogP contribution in [0.2, 0.25) is 0 Å². The molecule has 0 amide bonds. The normalized spacial score (nSPS) is 45.2. The van der Waals surface area contributed by atoms with Crippen molar-refractivity contribution in [3.8, 4) is 0 Å². The van der Waals surface area contributed by atoms with Gasteiger partial charge in [-0.05, 0) is 107 Å². The lowest BCUT2D eigenvalue weighted by Gasteiger charge is -2.26. The van der Waals surface area contributed by atoms with Crippen molar-refractivity contribution in [3.05, 3.63) is 0 Å². The Balaban J connectivity index is 1.19. The van der Waals surface area contributed by atoms with Crippen molar-refractivity contribution in [1.82, 2.24) is 0 Å². The molecule has 5 heterocycles. The second kappa shape index (κ2) is 18.4. The first-order valence-corrected chi connectivity index (χ1v) is 20.1. The first-order valence-electron chi connectivity index (χ1n) is 20.1. The number of fused-ring (bicyclic) bond motifs is 8. The molecular weight excluding hydrogens is 672 g/mol. The Kier molecular flexibility index (Phi) is 14.4. The van der Waals surface area contributed by atoms with Gasteiger partial charge in [0.15, 0.2) is 0 Å². The van der Waals surface area contributed by atoms with Gasteiger partial charge >= 0.3 is 23.9 Å². The average molecular weight is 737 g/mol. The van der Waals surface area contributed by atoms with Crippen LogP contribution in [-0.2, 0) is 57.1 Å². The Morgan fingerprint density at radius 3 is 0.712 bits per heavy atom. The highest BCUT2D eigenvalue weighted by atomic mass is 16.6. The molecule has 296 valence electrons. The van der Waals surface area contributed by atoms with Gasteiger partial charge in [0, 0.05) is 25.7 Å². The molecule has 0 aromatic rings. The quantitative estimate of drug-likeness (QED) is 0.212. The van der Waals surface area contributed by atoms with Gasteiger partial charge in [0.05, 0.1) is 72.5 Å². The third kappa shape index (κ3) is 10.9. The second-order valence-electron chi connectivity index (χ2n) is 16.6. The summed E-state index contributed by atoms with van der Waals surface area (Å²) in [5, 5.41) is 0. The van der Waals surface area contributed by atoms with Gasteiger partial charge in [-0.1, -0.05) is 0 Å². The first-order chi connectivity index (χ1) is 24.7. The molecule has 5 saturated heterocycles. The summed E-state index contributed by atoms with van der Waals surface area (Å²) >= 11 is 0. The predicted molar refractivity (Wildman–Crippen MR) is 189 cm³/mol. The molecule has 52 heavy (non-hydrogen) atoms. The van der Waals surface area contributed by atoms with Crippen molar-refractivity contribution < 1.29 is 57.1 Å². The molecule has 12 nitrogen and oxygen atoms in total. The zero-order valence-electron chi connectivity index (χ0n) is 32.6. The lowest BCUT2D eigenvalue weighted by atomic mass is 10.00. The third-order valence-corrected chi connectivity index (χ3v) is 11.9. The van der Waals surface area contributed by atoms with Gasteiger partial charge in [-0.3, -0.25) is 19.2 Å². The average Bonchev–Trinajstić information content (AvgIpc) is 3.91. The van der Waals surface area contributed by atoms with E-state index in [2.05, 4.69) is 0 Å². The van der Waals surface area contributed by atoms with E-state index in [1.165, 1.54) is 0 Å². The summed E-state index contributed by atoms with van der Waals surface area (Å²) in [7, 11) is 0. The van der Waals surface area contributed by atoms with Gasteiger partial charge in [-0.15, -0.1) is 0 Å². The van der Waals surface area contributed by atoms with E-state index in [9.17, 15) is 19.2 Å².